The molecule has 2 heterocycles. The maximum Gasteiger partial charge on any atom is 0.292 e. The van der Waals surface area contributed by atoms with Crippen LogP contribution in [0.3, 0.4) is 0 Å². The smallest absolute Gasteiger partial charge is 0.292 e. The maximum atomic E-state index is 12.8. The van der Waals surface area contributed by atoms with Gasteiger partial charge in [-0.05, 0) is 67.0 Å². The summed E-state index contributed by atoms with van der Waals surface area (Å²) in [7, 11) is 0. The Morgan fingerprint density at radius 1 is 1.10 bits per heavy atom. The van der Waals surface area contributed by atoms with E-state index in [1.807, 2.05) is 56.3 Å². The van der Waals surface area contributed by atoms with Crippen molar-refractivity contribution in [1.82, 2.24) is 10.3 Å². The fourth-order valence-corrected chi connectivity index (χ4v) is 3.10. The lowest BCUT2D eigenvalue weighted by atomic mass is 10.1. The maximum absolute atomic E-state index is 12.8. The van der Waals surface area contributed by atoms with Gasteiger partial charge in [0.2, 0.25) is 5.82 Å². The first-order chi connectivity index (χ1) is 14.1. The molecule has 0 radical (unpaired) electrons. The highest BCUT2D eigenvalue weighted by Gasteiger charge is 2.21. The second-order valence-electron chi connectivity index (χ2n) is 6.84. The van der Waals surface area contributed by atoms with Crippen molar-refractivity contribution in [3.63, 3.8) is 0 Å². The number of rotatable bonds is 6. The molecule has 0 bridgehead atoms. The summed E-state index contributed by atoms with van der Waals surface area (Å²) >= 11 is 0. The Hall–Kier alpha value is -3.61. The summed E-state index contributed by atoms with van der Waals surface area (Å²) in [4.78, 5) is 12.8. The Balaban J connectivity index is 1.58. The molecular weight excluding hydrogens is 370 g/mol. The standard InChI is InChI=1S/C22H21N3O4/c1-4-11-27-16-8-6-15(7-9-16)19-21(25-29-24-19)23-22(26)20-14(3)17-12-13(2)5-10-18(17)28-20/h5-10,12H,4,11H2,1-3H3,(H,23,25,26). The van der Waals surface area contributed by atoms with E-state index in [-0.39, 0.29) is 11.6 Å². The summed E-state index contributed by atoms with van der Waals surface area (Å²) in [5.74, 6) is 0.832. The molecule has 2 aromatic heterocycles. The van der Waals surface area contributed by atoms with Gasteiger partial charge in [0, 0.05) is 16.5 Å². The first kappa shape index (κ1) is 18.7. The minimum Gasteiger partial charge on any atom is -0.494 e. The molecular formula is C22H21N3O4. The van der Waals surface area contributed by atoms with Crippen molar-refractivity contribution < 1.29 is 18.6 Å². The fourth-order valence-electron chi connectivity index (χ4n) is 3.10. The molecule has 2 aromatic carbocycles. The molecule has 4 aromatic rings. The summed E-state index contributed by atoms with van der Waals surface area (Å²) in [6.45, 7) is 6.56. The summed E-state index contributed by atoms with van der Waals surface area (Å²) in [6, 6.07) is 13.2. The quantitative estimate of drug-likeness (QED) is 0.489. The van der Waals surface area contributed by atoms with E-state index in [9.17, 15) is 4.79 Å². The zero-order valence-corrected chi connectivity index (χ0v) is 16.5. The van der Waals surface area contributed by atoms with Crippen molar-refractivity contribution in [1.29, 1.82) is 0 Å². The molecule has 0 aliphatic heterocycles. The van der Waals surface area contributed by atoms with Gasteiger partial charge in [-0.1, -0.05) is 18.6 Å². The van der Waals surface area contributed by atoms with Crippen LogP contribution in [-0.2, 0) is 0 Å². The Bertz CT molecular complexity index is 1160. The number of nitrogens with one attached hydrogen (secondary N) is 1. The van der Waals surface area contributed by atoms with Gasteiger partial charge in [-0.3, -0.25) is 10.1 Å². The third-order valence-electron chi connectivity index (χ3n) is 4.62. The molecule has 0 spiro atoms. The number of amides is 1. The van der Waals surface area contributed by atoms with Gasteiger partial charge in [-0.2, -0.15) is 0 Å². The lowest BCUT2D eigenvalue weighted by molar-refractivity contribution is 0.0997. The number of anilines is 1. The number of ether oxygens (including phenoxy) is 1. The number of furan rings is 1. The van der Waals surface area contributed by atoms with Gasteiger partial charge in [-0.25, -0.2) is 4.63 Å². The van der Waals surface area contributed by atoms with Crippen LogP contribution in [0.5, 0.6) is 5.75 Å². The fraction of sp³-hybridized carbons (Fsp3) is 0.227. The van der Waals surface area contributed by atoms with Gasteiger partial charge in [0.05, 0.1) is 6.61 Å². The van der Waals surface area contributed by atoms with E-state index in [4.69, 9.17) is 13.8 Å². The molecule has 7 heteroatoms. The second-order valence-corrected chi connectivity index (χ2v) is 6.84. The number of carbonyl (C=O) groups excluding carboxylic acids is 1. The molecule has 1 amide bonds. The molecule has 0 fully saturated rings. The predicted octanol–water partition coefficient (Wildman–Crippen LogP) is 5.14. The molecule has 1 N–H and O–H groups in total. The summed E-state index contributed by atoms with van der Waals surface area (Å²) in [6.07, 6.45) is 0.936. The average Bonchev–Trinajstić information content (AvgIpc) is 3.31. The van der Waals surface area contributed by atoms with E-state index in [2.05, 4.69) is 22.6 Å². The van der Waals surface area contributed by atoms with Crippen LogP contribution in [0.25, 0.3) is 22.2 Å². The number of benzene rings is 2. The minimum absolute atomic E-state index is 0.230. The zero-order chi connectivity index (χ0) is 20.4. The lowest BCUT2D eigenvalue weighted by Gasteiger charge is -2.05. The van der Waals surface area contributed by atoms with Crippen molar-refractivity contribution in [2.24, 2.45) is 0 Å². The Labute approximate surface area is 167 Å². The van der Waals surface area contributed by atoms with Crippen LogP contribution < -0.4 is 10.1 Å². The third-order valence-corrected chi connectivity index (χ3v) is 4.62. The molecule has 0 atom stereocenters. The highest BCUT2D eigenvalue weighted by atomic mass is 16.6. The van der Waals surface area contributed by atoms with Crippen molar-refractivity contribution in [3.8, 4) is 17.0 Å². The van der Waals surface area contributed by atoms with E-state index in [1.165, 1.54) is 0 Å². The van der Waals surface area contributed by atoms with Gasteiger partial charge in [0.1, 0.15) is 11.3 Å². The highest BCUT2D eigenvalue weighted by Crippen LogP contribution is 2.29. The zero-order valence-electron chi connectivity index (χ0n) is 16.5. The van der Waals surface area contributed by atoms with Crippen LogP contribution in [0.4, 0.5) is 5.82 Å². The normalized spacial score (nSPS) is 11.0. The molecule has 29 heavy (non-hydrogen) atoms. The number of fused-ring (bicyclic) bond motifs is 1. The van der Waals surface area contributed by atoms with Gasteiger partial charge >= 0.3 is 0 Å². The Morgan fingerprint density at radius 2 is 1.90 bits per heavy atom. The van der Waals surface area contributed by atoms with Crippen molar-refractivity contribution in [3.05, 3.63) is 59.4 Å². The summed E-state index contributed by atoms with van der Waals surface area (Å²) in [5.41, 5.74) is 3.73. The molecule has 0 aliphatic carbocycles. The number of aryl methyl sites for hydroxylation is 2. The number of nitrogens with zero attached hydrogens (tertiary/aromatic N) is 2. The molecule has 0 aliphatic rings. The van der Waals surface area contributed by atoms with Crippen LogP contribution in [-0.4, -0.2) is 22.8 Å². The van der Waals surface area contributed by atoms with Crippen molar-refractivity contribution in [2.45, 2.75) is 27.2 Å². The van der Waals surface area contributed by atoms with Crippen LogP contribution >= 0.6 is 0 Å². The predicted molar refractivity (Wildman–Crippen MR) is 109 cm³/mol. The SMILES string of the molecule is CCCOc1ccc(-c2nonc2NC(=O)c2oc3ccc(C)cc3c2C)cc1. The van der Waals surface area contributed by atoms with E-state index >= 15 is 0 Å². The third kappa shape index (κ3) is 3.71. The Kier molecular flexibility index (Phi) is 5.03. The monoisotopic (exact) mass is 391 g/mol. The first-order valence-corrected chi connectivity index (χ1v) is 9.43. The lowest BCUT2D eigenvalue weighted by Crippen LogP contribution is -2.13. The number of carbonyl (C=O) groups is 1. The topological polar surface area (TPSA) is 90.4 Å². The number of hydrogen-bond acceptors (Lipinski definition) is 6. The molecule has 0 saturated heterocycles. The molecule has 4 rings (SSSR count). The van der Waals surface area contributed by atoms with Crippen LogP contribution in [0.1, 0.15) is 35.0 Å². The average molecular weight is 391 g/mol. The van der Waals surface area contributed by atoms with Gasteiger partial charge in [0.15, 0.2) is 11.5 Å². The second kappa shape index (κ2) is 7.79. The molecule has 7 nitrogen and oxygen atoms in total. The molecule has 0 saturated carbocycles. The van der Waals surface area contributed by atoms with Gasteiger partial charge in [-0.15, -0.1) is 0 Å². The van der Waals surface area contributed by atoms with Crippen molar-refractivity contribution >= 4 is 22.7 Å². The molecule has 148 valence electrons. The number of hydrogen-bond donors (Lipinski definition) is 1. The van der Waals surface area contributed by atoms with Crippen LogP contribution in [0.15, 0.2) is 51.5 Å². The van der Waals surface area contributed by atoms with Crippen LogP contribution in [0.2, 0.25) is 0 Å². The summed E-state index contributed by atoms with van der Waals surface area (Å²) in [5, 5.41) is 11.4. The van der Waals surface area contributed by atoms with Gasteiger partial charge in [0.25, 0.3) is 5.91 Å². The van der Waals surface area contributed by atoms with Crippen LogP contribution in [0, 0.1) is 13.8 Å². The minimum atomic E-state index is -0.406. The van der Waals surface area contributed by atoms with E-state index in [0.717, 1.165) is 34.2 Å². The highest BCUT2D eigenvalue weighted by molar-refractivity contribution is 6.07. The largest absolute Gasteiger partial charge is 0.494 e. The Morgan fingerprint density at radius 3 is 2.66 bits per heavy atom. The van der Waals surface area contributed by atoms with Gasteiger partial charge < -0.3 is 9.15 Å². The number of aromatic nitrogens is 2. The molecule has 0 unspecified atom stereocenters. The van der Waals surface area contributed by atoms with Crippen molar-refractivity contribution in [2.75, 3.05) is 11.9 Å². The van der Waals surface area contributed by atoms with E-state index in [1.54, 1.807) is 0 Å². The summed E-state index contributed by atoms with van der Waals surface area (Å²) < 4.78 is 16.2. The van der Waals surface area contributed by atoms with E-state index < -0.39 is 5.91 Å². The van der Waals surface area contributed by atoms with E-state index in [0.29, 0.717) is 17.9 Å². The first-order valence-electron chi connectivity index (χ1n) is 9.43.